The van der Waals surface area contributed by atoms with Gasteiger partial charge in [-0.05, 0) is 14.0 Å². The van der Waals surface area contributed by atoms with E-state index in [1.807, 2.05) is 7.05 Å². The van der Waals surface area contributed by atoms with E-state index in [9.17, 15) is 14.7 Å². The molecule has 2 aliphatic rings. The minimum Gasteiger partial charge on any atom is -0.481 e. The zero-order valence-corrected chi connectivity index (χ0v) is 12.4. The predicted octanol–water partition coefficient (Wildman–Crippen LogP) is -0.894. The molecule has 0 radical (unpaired) electrons. The van der Waals surface area contributed by atoms with Crippen LogP contribution < -0.4 is 10.6 Å². The van der Waals surface area contributed by atoms with Crippen LogP contribution in [0.15, 0.2) is 0 Å². The lowest BCUT2D eigenvalue weighted by Gasteiger charge is -2.30. The van der Waals surface area contributed by atoms with Gasteiger partial charge in [0.15, 0.2) is 0 Å². The van der Waals surface area contributed by atoms with Gasteiger partial charge in [0.2, 0.25) is 0 Å². The molecule has 21 heavy (non-hydrogen) atoms. The van der Waals surface area contributed by atoms with Crippen molar-refractivity contribution in [1.29, 1.82) is 0 Å². The number of carbonyl (C=O) groups is 2. The second kappa shape index (κ2) is 6.59. The summed E-state index contributed by atoms with van der Waals surface area (Å²) < 4.78 is 10.7. The minimum atomic E-state index is -1.08. The molecule has 0 aromatic carbocycles. The van der Waals surface area contributed by atoms with E-state index in [0.717, 1.165) is 13.1 Å². The number of hydrogen-bond acceptors (Lipinski definition) is 5. The average molecular weight is 301 g/mol. The SMILES string of the molecule is CN1CCOC(CNC(=O)NC2COCC2(C)C(=O)O)C1. The third-order valence-electron chi connectivity index (χ3n) is 4.08. The van der Waals surface area contributed by atoms with Crippen molar-refractivity contribution in [2.24, 2.45) is 5.41 Å². The Labute approximate surface area is 123 Å². The van der Waals surface area contributed by atoms with Gasteiger partial charge in [-0.25, -0.2) is 4.79 Å². The lowest BCUT2D eigenvalue weighted by atomic mass is 9.85. The Kier molecular flexibility index (Phi) is 5.02. The summed E-state index contributed by atoms with van der Waals surface area (Å²) in [4.78, 5) is 25.3. The van der Waals surface area contributed by atoms with Crippen LogP contribution in [-0.2, 0) is 14.3 Å². The minimum absolute atomic E-state index is 0.0415. The first-order valence-corrected chi connectivity index (χ1v) is 7.07. The van der Waals surface area contributed by atoms with E-state index in [1.165, 1.54) is 0 Å². The molecule has 3 N–H and O–H groups in total. The van der Waals surface area contributed by atoms with Gasteiger partial charge in [0.05, 0.1) is 32.0 Å². The number of nitrogens with zero attached hydrogens (tertiary/aromatic N) is 1. The number of ether oxygens (including phenoxy) is 2. The van der Waals surface area contributed by atoms with E-state index in [-0.39, 0.29) is 19.3 Å². The third-order valence-corrected chi connectivity index (χ3v) is 4.08. The van der Waals surface area contributed by atoms with E-state index in [4.69, 9.17) is 9.47 Å². The summed E-state index contributed by atoms with van der Waals surface area (Å²) in [6.45, 7) is 4.58. The molecule has 2 saturated heterocycles. The number of carbonyl (C=O) groups excluding carboxylic acids is 1. The highest BCUT2D eigenvalue weighted by atomic mass is 16.5. The first kappa shape index (κ1) is 16.0. The van der Waals surface area contributed by atoms with Gasteiger partial charge in [-0.15, -0.1) is 0 Å². The molecule has 0 saturated carbocycles. The topological polar surface area (TPSA) is 100 Å². The number of urea groups is 1. The third kappa shape index (κ3) is 3.84. The number of nitrogens with one attached hydrogen (secondary N) is 2. The Morgan fingerprint density at radius 2 is 2.24 bits per heavy atom. The first-order chi connectivity index (χ1) is 9.91. The zero-order valence-electron chi connectivity index (χ0n) is 12.4. The molecule has 120 valence electrons. The van der Waals surface area contributed by atoms with Crippen LogP contribution in [0.5, 0.6) is 0 Å². The molecule has 0 aromatic rings. The molecule has 2 amide bonds. The van der Waals surface area contributed by atoms with Crippen LogP contribution in [0.2, 0.25) is 0 Å². The zero-order chi connectivity index (χ0) is 15.5. The molecule has 0 aliphatic carbocycles. The van der Waals surface area contributed by atoms with Crippen LogP contribution in [0.3, 0.4) is 0 Å². The van der Waals surface area contributed by atoms with Crippen molar-refractivity contribution in [3.63, 3.8) is 0 Å². The van der Waals surface area contributed by atoms with Crippen LogP contribution >= 0.6 is 0 Å². The predicted molar refractivity (Wildman–Crippen MR) is 74.1 cm³/mol. The fourth-order valence-electron chi connectivity index (χ4n) is 2.49. The maximum atomic E-state index is 11.9. The quantitative estimate of drug-likeness (QED) is 0.623. The molecule has 2 heterocycles. The summed E-state index contributed by atoms with van der Waals surface area (Å²) in [5.74, 6) is -0.970. The Morgan fingerprint density at radius 3 is 2.90 bits per heavy atom. The maximum absolute atomic E-state index is 11.9. The summed E-state index contributed by atoms with van der Waals surface area (Å²) in [5.41, 5.74) is -1.08. The molecular weight excluding hydrogens is 278 g/mol. The molecule has 3 unspecified atom stereocenters. The van der Waals surface area contributed by atoms with Crippen LogP contribution in [0, 0.1) is 5.41 Å². The molecule has 0 aromatic heterocycles. The van der Waals surface area contributed by atoms with Gasteiger partial charge >= 0.3 is 12.0 Å². The highest BCUT2D eigenvalue weighted by molar-refractivity contribution is 5.79. The number of rotatable bonds is 4. The fraction of sp³-hybridized carbons (Fsp3) is 0.846. The largest absolute Gasteiger partial charge is 0.481 e. The standard InChI is InChI=1S/C13H23N3O5/c1-13(11(17)18)8-20-7-10(13)15-12(19)14-5-9-6-16(2)3-4-21-9/h9-10H,3-8H2,1-2H3,(H,17,18)(H2,14,15,19). The van der Waals surface area contributed by atoms with Gasteiger partial charge in [0, 0.05) is 19.6 Å². The van der Waals surface area contributed by atoms with Gasteiger partial charge < -0.3 is 30.1 Å². The number of carboxylic acid groups (broad SMARTS) is 1. The van der Waals surface area contributed by atoms with E-state index in [0.29, 0.717) is 13.2 Å². The average Bonchev–Trinajstić information content (AvgIpc) is 2.79. The number of carboxylic acids is 1. The van der Waals surface area contributed by atoms with Gasteiger partial charge in [-0.2, -0.15) is 0 Å². The molecule has 0 spiro atoms. The summed E-state index contributed by atoms with van der Waals surface area (Å²) in [6.07, 6.45) is -0.0415. The Balaban J connectivity index is 1.78. The summed E-state index contributed by atoms with van der Waals surface area (Å²) in [6, 6.07) is -0.931. The van der Waals surface area contributed by atoms with Crippen molar-refractivity contribution in [1.82, 2.24) is 15.5 Å². The smallest absolute Gasteiger partial charge is 0.315 e. The van der Waals surface area contributed by atoms with E-state index in [2.05, 4.69) is 15.5 Å². The number of amides is 2. The molecular formula is C13H23N3O5. The van der Waals surface area contributed by atoms with Crippen molar-refractivity contribution >= 4 is 12.0 Å². The molecule has 2 fully saturated rings. The Morgan fingerprint density at radius 1 is 1.48 bits per heavy atom. The van der Waals surface area contributed by atoms with Crippen molar-refractivity contribution in [2.75, 3.05) is 46.5 Å². The Bertz CT molecular complexity index is 405. The number of morpholine rings is 1. The van der Waals surface area contributed by atoms with Gasteiger partial charge in [0.25, 0.3) is 0 Å². The normalized spacial score (nSPS) is 33.6. The lowest BCUT2D eigenvalue weighted by Crippen LogP contribution is -2.54. The molecule has 0 bridgehead atoms. The van der Waals surface area contributed by atoms with Crippen molar-refractivity contribution in [3.05, 3.63) is 0 Å². The van der Waals surface area contributed by atoms with Crippen molar-refractivity contribution in [3.8, 4) is 0 Å². The molecule has 3 atom stereocenters. The number of hydrogen-bond donors (Lipinski definition) is 3. The number of aliphatic carboxylic acids is 1. The maximum Gasteiger partial charge on any atom is 0.315 e. The fourth-order valence-corrected chi connectivity index (χ4v) is 2.49. The molecule has 2 rings (SSSR count). The highest BCUT2D eigenvalue weighted by Gasteiger charge is 2.47. The second-order valence-corrected chi connectivity index (χ2v) is 5.90. The van der Waals surface area contributed by atoms with Crippen molar-refractivity contribution < 1.29 is 24.2 Å². The van der Waals surface area contributed by atoms with E-state index in [1.54, 1.807) is 6.92 Å². The lowest BCUT2D eigenvalue weighted by molar-refractivity contribution is -0.148. The van der Waals surface area contributed by atoms with E-state index < -0.39 is 23.5 Å². The second-order valence-electron chi connectivity index (χ2n) is 5.90. The highest BCUT2D eigenvalue weighted by Crippen LogP contribution is 2.28. The first-order valence-electron chi connectivity index (χ1n) is 7.07. The van der Waals surface area contributed by atoms with Crippen LogP contribution in [0.1, 0.15) is 6.92 Å². The molecule has 8 heteroatoms. The van der Waals surface area contributed by atoms with E-state index >= 15 is 0 Å². The Hall–Kier alpha value is -1.38. The monoisotopic (exact) mass is 301 g/mol. The summed E-state index contributed by atoms with van der Waals surface area (Å²) in [7, 11) is 2.00. The van der Waals surface area contributed by atoms with Gasteiger partial charge in [-0.3, -0.25) is 4.79 Å². The molecule has 8 nitrogen and oxygen atoms in total. The summed E-state index contributed by atoms with van der Waals surface area (Å²) >= 11 is 0. The molecule has 2 aliphatic heterocycles. The van der Waals surface area contributed by atoms with Gasteiger partial charge in [0.1, 0.15) is 5.41 Å². The summed E-state index contributed by atoms with van der Waals surface area (Å²) in [5, 5.41) is 14.6. The van der Waals surface area contributed by atoms with Gasteiger partial charge in [-0.1, -0.05) is 0 Å². The van der Waals surface area contributed by atoms with Crippen molar-refractivity contribution in [2.45, 2.75) is 19.1 Å². The van der Waals surface area contributed by atoms with Crippen LogP contribution in [-0.4, -0.2) is 80.7 Å². The van der Waals surface area contributed by atoms with Crippen LogP contribution in [0.25, 0.3) is 0 Å². The van der Waals surface area contributed by atoms with Crippen LogP contribution in [0.4, 0.5) is 4.79 Å². The number of likely N-dealkylation sites (N-methyl/N-ethyl adjacent to an activating group) is 1.